The van der Waals surface area contributed by atoms with Crippen molar-refractivity contribution < 1.29 is 73.5 Å². The molecule has 0 aliphatic heterocycles. The molecule has 0 atom stereocenters. The van der Waals surface area contributed by atoms with E-state index in [-0.39, 0.29) is 57.0 Å². The molecule has 6 nitrogen and oxygen atoms in total. The van der Waals surface area contributed by atoms with Gasteiger partial charge in [-0.25, -0.2) is 13.4 Å². The van der Waals surface area contributed by atoms with Crippen LogP contribution in [0.3, 0.4) is 0 Å². The van der Waals surface area contributed by atoms with E-state index in [1.165, 1.54) is 12.1 Å². The third-order valence-corrected chi connectivity index (χ3v) is 2.47. The van der Waals surface area contributed by atoms with Crippen molar-refractivity contribution in [3.8, 4) is 5.75 Å². The summed E-state index contributed by atoms with van der Waals surface area (Å²) in [7, 11) is -4.66. The van der Waals surface area contributed by atoms with Gasteiger partial charge in [-0.1, -0.05) is 0 Å². The van der Waals surface area contributed by atoms with Gasteiger partial charge in [-0.15, -0.1) is 0 Å². The molecule has 0 aliphatic carbocycles. The zero-order valence-corrected chi connectivity index (χ0v) is 13.3. The maximum Gasteiger partial charge on any atom is 1.00 e. The molecular formula is C9H8KNO5S. The Morgan fingerprint density at radius 2 is 2.18 bits per heavy atom. The number of hydrogen-bond acceptors (Lipinski definition) is 6. The standard InChI is InChI=1S/C9H9NO5S.K/c1-2-14-6-3-4-7-8(5-6)15-9(10-7)16(11,12)13;/h3-5H,2H2,1H3,(H,11,12,13);/q;+1/p-1. The van der Waals surface area contributed by atoms with E-state index in [1.54, 1.807) is 6.07 Å². The first-order valence-electron chi connectivity index (χ1n) is 4.50. The molecule has 0 unspecified atom stereocenters. The fourth-order valence-electron chi connectivity index (χ4n) is 1.25. The van der Waals surface area contributed by atoms with Crippen molar-refractivity contribution in [2.24, 2.45) is 0 Å². The van der Waals surface area contributed by atoms with Gasteiger partial charge in [-0.2, -0.15) is 0 Å². The SMILES string of the molecule is CCOc1ccc2nc(S(=O)(=O)[O-])oc2c1.[K+]. The molecule has 0 saturated heterocycles. The van der Waals surface area contributed by atoms with Crippen LogP contribution in [0.4, 0.5) is 0 Å². The van der Waals surface area contributed by atoms with Gasteiger partial charge < -0.3 is 13.7 Å². The molecular weight excluding hydrogens is 273 g/mol. The molecule has 86 valence electrons. The minimum atomic E-state index is -4.66. The first-order chi connectivity index (χ1) is 7.50. The second kappa shape index (κ2) is 5.78. The van der Waals surface area contributed by atoms with Gasteiger partial charge in [0.05, 0.1) is 6.61 Å². The van der Waals surface area contributed by atoms with Gasteiger partial charge in [0.25, 0.3) is 0 Å². The molecule has 8 heteroatoms. The molecule has 2 aromatic rings. The van der Waals surface area contributed by atoms with Gasteiger partial charge in [0.2, 0.25) is 0 Å². The Kier molecular flexibility index (Phi) is 5.14. The zero-order chi connectivity index (χ0) is 11.8. The number of nitrogens with zero attached hydrogens (tertiary/aromatic N) is 1. The Morgan fingerprint density at radius 3 is 2.76 bits per heavy atom. The second-order valence-electron chi connectivity index (χ2n) is 3.00. The predicted octanol–water partition coefficient (Wildman–Crippen LogP) is -1.87. The molecule has 0 radical (unpaired) electrons. The van der Waals surface area contributed by atoms with Gasteiger partial charge in [0, 0.05) is 6.07 Å². The van der Waals surface area contributed by atoms with E-state index in [2.05, 4.69) is 4.98 Å². The quantitative estimate of drug-likeness (QED) is 0.483. The maximum absolute atomic E-state index is 10.7. The smallest absolute Gasteiger partial charge is 0.740 e. The van der Waals surface area contributed by atoms with E-state index >= 15 is 0 Å². The van der Waals surface area contributed by atoms with Crippen molar-refractivity contribution in [2.75, 3.05) is 6.61 Å². The predicted molar refractivity (Wildman–Crippen MR) is 53.1 cm³/mol. The zero-order valence-electron chi connectivity index (χ0n) is 9.34. The molecule has 0 N–H and O–H groups in total. The third-order valence-electron chi connectivity index (χ3n) is 1.87. The summed E-state index contributed by atoms with van der Waals surface area (Å²) < 4.78 is 42.0. The summed E-state index contributed by atoms with van der Waals surface area (Å²) in [5.74, 6) is 0.529. The number of oxazole rings is 1. The maximum atomic E-state index is 10.7. The molecule has 0 spiro atoms. The van der Waals surface area contributed by atoms with Crippen molar-refractivity contribution in [3.63, 3.8) is 0 Å². The molecule has 17 heavy (non-hydrogen) atoms. The minimum Gasteiger partial charge on any atom is -0.740 e. The molecule has 1 heterocycles. The fourth-order valence-corrected chi connectivity index (χ4v) is 1.65. The van der Waals surface area contributed by atoms with Crippen LogP contribution in [0.1, 0.15) is 6.92 Å². The average molecular weight is 281 g/mol. The van der Waals surface area contributed by atoms with Crippen LogP contribution in [-0.4, -0.2) is 24.6 Å². The number of rotatable bonds is 3. The van der Waals surface area contributed by atoms with Crippen molar-refractivity contribution in [3.05, 3.63) is 18.2 Å². The van der Waals surface area contributed by atoms with Crippen LogP contribution in [0, 0.1) is 0 Å². The topological polar surface area (TPSA) is 92.5 Å². The normalized spacial score (nSPS) is 11.2. The number of hydrogen-bond donors (Lipinski definition) is 0. The van der Waals surface area contributed by atoms with Crippen LogP contribution in [0.5, 0.6) is 5.75 Å². The van der Waals surface area contributed by atoms with E-state index in [0.29, 0.717) is 17.9 Å². The summed E-state index contributed by atoms with van der Waals surface area (Å²) in [4.78, 5) is 3.56. The van der Waals surface area contributed by atoms with Crippen molar-refractivity contribution >= 4 is 21.2 Å². The van der Waals surface area contributed by atoms with E-state index < -0.39 is 15.3 Å². The fraction of sp³-hybridized carbons (Fsp3) is 0.222. The molecule has 0 amide bonds. The number of aromatic nitrogens is 1. The van der Waals surface area contributed by atoms with Gasteiger partial charge in [0.15, 0.2) is 15.7 Å². The van der Waals surface area contributed by atoms with Gasteiger partial charge in [0.1, 0.15) is 11.3 Å². The van der Waals surface area contributed by atoms with E-state index in [1.807, 2.05) is 6.92 Å². The monoisotopic (exact) mass is 281 g/mol. The molecule has 2 rings (SSSR count). The van der Waals surface area contributed by atoms with Crippen LogP contribution >= 0.6 is 0 Å². The first-order valence-corrected chi connectivity index (χ1v) is 5.91. The summed E-state index contributed by atoms with van der Waals surface area (Å²) in [5.41, 5.74) is 0.512. The molecule has 0 fully saturated rings. The Bertz CT molecular complexity index is 621. The summed E-state index contributed by atoms with van der Waals surface area (Å²) in [5, 5.41) is -0.823. The Morgan fingerprint density at radius 1 is 1.47 bits per heavy atom. The molecule has 0 saturated carbocycles. The Balaban J connectivity index is 0.00000144. The Labute approximate surface area is 141 Å². The van der Waals surface area contributed by atoms with E-state index in [9.17, 15) is 13.0 Å². The first kappa shape index (κ1) is 15.1. The summed E-state index contributed by atoms with van der Waals surface area (Å²) >= 11 is 0. The number of fused-ring (bicyclic) bond motifs is 1. The van der Waals surface area contributed by atoms with Crippen LogP contribution in [0.2, 0.25) is 0 Å². The molecule has 0 bridgehead atoms. The minimum absolute atomic E-state index is 0. The molecule has 1 aromatic carbocycles. The average Bonchev–Trinajstić information content (AvgIpc) is 2.60. The van der Waals surface area contributed by atoms with Crippen LogP contribution in [0.25, 0.3) is 11.1 Å². The van der Waals surface area contributed by atoms with Gasteiger partial charge in [-0.3, -0.25) is 0 Å². The van der Waals surface area contributed by atoms with Crippen LogP contribution in [0.15, 0.2) is 27.8 Å². The van der Waals surface area contributed by atoms with Gasteiger partial charge in [-0.05, 0) is 19.1 Å². The molecule has 0 aliphatic rings. The van der Waals surface area contributed by atoms with E-state index in [0.717, 1.165) is 0 Å². The summed E-state index contributed by atoms with van der Waals surface area (Å²) in [6.45, 7) is 2.30. The van der Waals surface area contributed by atoms with Gasteiger partial charge >= 0.3 is 56.6 Å². The van der Waals surface area contributed by atoms with Crippen molar-refractivity contribution in [1.29, 1.82) is 0 Å². The number of benzene rings is 1. The van der Waals surface area contributed by atoms with E-state index in [4.69, 9.17) is 9.15 Å². The summed E-state index contributed by atoms with van der Waals surface area (Å²) in [6.07, 6.45) is 0. The summed E-state index contributed by atoms with van der Waals surface area (Å²) in [6, 6.07) is 4.63. The Hall–Kier alpha value is 0.0364. The van der Waals surface area contributed by atoms with Crippen molar-refractivity contribution in [1.82, 2.24) is 4.98 Å². The van der Waals surface area contributed by atoms with Crippen molar-refractivity contribution in [2.45, 2.75) is 12.1 Å². The number of ether oxygens (including phenoxy) is 1. The second-order valence-corrected chi connectivity index (χ2v) is 4.25. The largest absolute Gasteiger partial charge is 1.00 e. The van der Waals surface area contributed by atoms with Crippen LogP contribution in [-0.2, 0) is 10.1 Å². The van der Waals surface area contributed by atoms with Crippen LogP contribution < -0.4 is 56.1 Å². The molecule has 1 aromatic heterocycles. The third kappa shape index (κ3) is 3.50.